The number of aromatic nitrogens is 3. The van der Waals surface area contributed by atoms with E-state index < -0.39 is 0 Å². The molecular formula is C20H23N5OS3. The summed E-state index contributed by atoms with van der Waals surface area (Å²) in [6.07, 6.45) is 3.51. The van der Waals surface area contributed by atoms with Crippen molar-refractivity contribution in [2.24, 2.45) is 5.92 Å². The normalized spacial score (nSPS) is 13.1. The zero-order valence-corrected chi connectivity index (χ0v) is 18.8. The third kappa shape index (κ3) is 5.92. The van der Waals surface area contributed by atoms with E-state index in [4.69, 9.17) is 0 Å². The highest BCUT2D eigenvalue weighted by atomic mass is 32.2. The van der Waals surface area contributed by atoms with E-state index in [1.165, 1.54) is 47.3 Å². The van der Waals surface area contributed by atoms with Crippen LogP contribution in [-0.2, 0) is 0 Å². The van der Waals surface area contributed by atoms with Gasteiger partial charge in [-0.05, 0) is 30.9 Å². The van der Waals surface area contributed by atoms with Crippen molar-refractivity contribution in [3.63, 3.8) is 0 Å². The Balaban J connectivity index is 1.57. The van der Waals surface area contributed by atoms with Crippen molar-refractivity contribution in [3.05, 3.63) is 35.0 Å². The molecule has 0 saturated carbocycles. The summed E-state index contributed by atoms with van der Waals surface area (Å²) in [5.74, 6) is 1.01. The Labute approximate surface area is 182 Å². The lowest BCUT2D eigenvalue weighted by Gasteiger charge is -2.07. The Bertz CT molecular complexity index is 987. The summed E-state index contributed by atoms with van der Waals surface area (Å²) in [7, 11) is 0. The molecule has 1 aromatic carbocycles. The van der Waals surface area contributed by atoms with Gasteiger partial charge in [0.15, 0.2) is 4.34 Å². The molecule has 29 heavy (non-hydrogen) atoms. The van der Waals surface area contributed by atoms with Crippen LogP contribution >= 0.6 is 34.4 Å². The van der Waals surface area contributed by atoms with Gasteiger partial charge in [-0.25, -0.2) is 4.98 Å². The summed E-state index contributed by atoms with van der Waals surface area (Å²) in [5.41, 5.74) is 1.04. The van der Waals surface area contributed by atoms with Gasteiger partial charge in [0, 0.05) is 6.54 Å². The molecule has 0 radical (unpaired) electrons. The third-order valence-electron chi connectivity index (χ3n) is 4.49. The number of rotatable bonds is 10. The van der Waals surface area contributed by atoms with Crippen molar-refractivity contribution in [2.75, 3.05) is 17.6 Å². The molecule has 3 rings (SSSR count). The number of aliphatic hydroxyl groups excluding tert-OH is 1. The predicted molar refractivity (Wildman–Crippen MR) is 123 cm³/mol. The van der Waals surface area contributed by atoms with Gasteiger partial charge in [-0.2, -0.15) is 5.26 Å². The van der Waals surface area contributed by atoms with Gasteiger partial charge in [-0.3, -0.25) is 0 Å². The molecule has 0 amide bonds. The quantitative estimate of drug-likeness (QED) is 0.172. The standard InChI is InChI=1S/C20H23N5OS3/c1-3-13(2)7-6-10-22-19-24-25-20(29-19)27-12-16(26)14(11-21)18-23-15-8-4-5-9-17(15)28-18/h4-5,8-9,13,26H,3,6-7,10,12H2,1-2H3,(H,22,24). The SMILES string of the molecule is CCC(C)CCCNc1nnc(SCC(O)=C(C#N)c2nc3ccccc3s2)s1. The lowest BCUT2D eigenvalue weighted by Crippen LogP contribution is -2.03. The van der Waals surface area contributed by atoms with E-state index in [2.05, 4.69) is 40.4 Å². The maximum atomic E-state index is 10.4. The van der Waals surface area contributed by atoms with Crippen LogP contribution in [0.2, 0.25) is 0 Å². The number of nitrogens with one attached hydrogen (secondary N) is 1. The molecule has 0 aliphatic heterocycles. The maximum absolute atomic E-state index is 10.4. The first-order valence-electron chi connectivity index (χ1n) is 9.49. The number of fused-ring (bicyclic) bond motifs is 1. The molecule has 1 atom stereocenters. The largest absolute Gasteiger partial charge is 0.510 e. The molecular weight excluding hydrogens is 422 g/mol. The van der Waals surface area contributed by atoms with Gasteiger partial charge in [-0.1, -0.05) is 55.5 Å². The average Bonchev–Trinajstić information content (AvgIpc) is 3.36. The van der Waals surface area contributed by atoms with Crippen molar-refractivity contribution < 1.29 is 5.11 Å². The molecule has 0 aliphatic rings. The number of nitriles is 1. The summed E-state index contributed by atoms with van der Waals surface area (Å²) < 4.78 is 1.74. The summed E-state index contributed by atoms with van der Waals surface area (Å²) in [5, 5.41) is 32.9. The smallest absolute Gasteiger partial charge is 0.206 e. The number of aliphatic hydroxyl groups is 1. The summed E-state index contributed by atoms with van der Waals surface area (Å²) in [6.45, 7) is 5.36. The molecule has 1 unspecified atom stereocenters. The Morgan fingerprint density at radius 1 is 1.31 bits per heavy atom. The van der Waals surface area contributed by atoms with E-state index in [0.29, 0.717) is 5.01 Å². The summed E-state index contributed by atoms with van der Waals surface area (Å²) in [6, 6.07) is 9.78. The van der Waals surface area contributed by atoms with E-state index >= 15 is 0 Å². The van der Waals surface area contributed by atoms with Gasteiger partial charge in [0.25, 0.3) is 0 Å². The van der Waals surface area contributed by atoms with E-state index in [1.807, 2.05) is 24.3 Å². The zero-order valence-electron chi connectivity index (χ0n) is 16.4. The minimum absolute atomic E-state index is 0.00909. The lowest BCUT2D eigenvalue weighted by atomic mass is 10.0. The zero-order chi connectivity index (χ0) is 20.6. The average molecular weight is 446 g/mol. The highest BCUT2D eigenvalue weighted by Gasteiger charge is 2.15. The fourth-order valence-corrected chi connectivity index (χ4v) is 5.24. The Morgan fingerprint density at radius 2 is 2.14 bits per heavy atom. The molecule has 2 heterocycles. The van der Waals surface area contributed by atoms with Gasteiger partial charge >= 0.3 is 0 Å². The van der Waals surface area contributed by atoms with Crippen LogP contribution in [0.5, 0.6) is 0 Å². The molecule has 2 N–H and O–H groups in total. The first-order valence-corrected chi connectivity index (χ1v) is 12.1. The van der Waals surface area contributed by atoms with E-state index in [0.717, 1.165) is 38.6 Å². The van der Waals surface area contributed by atoms with Crippen LogP contribution in [0, 0.1) is 17.2 Å². The maximum Gasteiger partial charge on any atom is 0.206 e. The number of benzene rings is 1. The minimum atomic E-state index is 0.00909. The highest BCUT2D eigenvalue weighted by molar-refractivity contribution is 8.01. The van der Waals surface area contributed by atoms with Crippen LogP contribution in [0.15, 0.2) is 34.4 Å². The molecule has 0 bridgehead atoms. The molecule has 3 aromatic rings. The highest BCUT2D eigenvalue weighted by Crippen LogP contribution is 2.31. The molecule has 0 saturated heterocycles. The lowest BCUT2D eigenvalue weighted by molar-refractivity contribution is 0.421. The number of hydrogen-bond acceptors (Lipinski definition) is 9. The van der Waals surface area contributed by atoms with Crippen LogP contribution in [0.1, 0.15) is 38.1 Å². The predicted octanol–water partition coefficient (Wildman–Crippen LogP) is 5.97. The molecule has 2 aromatic heterocycles. The Morgan fingerprint density at radius 3 is 2.90 bits per heavy atom. The second kappa shape index (κ2) is 10.6. The van der Waals surface area contributed by atoms with Gasteiger partial charge in [0.05, 0.1) is 16.0 Å². The number of hydrogen-bond donors (Lipinski definition) is 2. The fraction of sp³-hybridized carbons (Fsp3) is 0.400. The minimum Gasteiger partial charge on any atom is -0.510 e. The molecule has 9 heteroatoms. The number of thioether (sulfide) groups is 1. The molecule has 0 fully saturated rings. The van der Waals surface area contributed by atoms with Crippen LogP contribution in [0.4, 0.5) is 5.13 Å². The van der Waals surface area contributed by atoms with Gasteiger partial charge in [0.2, 0.25) is 5.13 Å². The monoisotopic (exact) mass is 445 g/mol. The Kier molecular flexibility index (Phi) is 7.86. The molecule has 0 aliphatic carbocycles. The summed E-state index contributed by atoms with van der Waals surface area (Å²) >= 11 is 4.23. The number of nitrogens with zero attached hydrogens (tertiary/aromatic N) is 4. The molecule has 0 spiro atoms. The van der Waals surface area contributed by atoms with Gasteiger partial charge in [-0.15, -0.1) is 21.5 Å². The van der Waals surface area contributed by atoms with Crippen molar-refractivity contribution >= 4 is 55.4 Å². The Hall–Kier alpha value is -2.15. The van der Waals surface area contributed by atoms with E-state index in [-0.39, 0.29) is 17.1 Å². The second-order valence-corrected chi connectivity index (χ2v) is 9.90. The molecule has 152 valence electrons. The molecule has 6 nitrogen and oxygen atoms in total. The van der Waals surface area contributed by atoms with Crippen LogP contribution in [-0.4, -0.2) is 32.6 Å². The number of para-hydroxylation sites is 1. The topological polar surface area (TPSA) is 94.7 Å². The van der Waals surface area contributed by atoms with Crippen LogP contribution in [0.25, 0.3) is 15.8 Å². The van der Waals surface area contributed by atoms with E-state index in [9.17, 15) is 10.4 Å². The second-order valence-electron chi connectivity index (χ2n) is 6.66. The van der Waals surface area contributed by atoms with Crippen LogP contribution in [0.3, 0.4) is 0 Å². The van der Waals surface area contributed by atoms with Crippen LogP contribution < -0.4 is 5.32 Å². The van der Waals surface area contributed by atoms with Crippen molar-refractivity contribution in [2.45, 2.75) is 37.4 Å². The number of allylic oxidation sites excluding steroid dienone is 1. The van der Waals surface area contributed by atoms with Crippen molar-refractivity contribution in [1.82, 2.24) is 15.2 Å². The fourth-order valence-electron chi connectivity index (χ4n) is 2.61. The van der Waals surface area contributed by atoms with Crippen molar-refractivity contribution in [1.29, 1.82) is 5.26 Å². The first kappa shape index (κ1) is 21.6. The third-order valence-corrected chi connectivity index (χ3v) is 7.57. The van der Waals surface area contributed by atoms with E-state index in [1.54, 1.807) is 0 Å². The first-order chi connectivity index (χ1) is 14.1. The van der Waals surface area contributed by atoms with Gasteiger partial charge in [0.1, 0.15) is 22.4 Å². The number of thiazole rings is 1. The van der Waals surface area contributed by atoms with Gasteiger partial charge < -0.3 is 10.4 Å². The summed E-state index contributed by atoms with van der Waals surface area (Å²) in [4.78, 5) is 4.46. The number of anilines is 1. The van der Waals surface area contributed by atoms with Crippen molar-refractivity contribution in [3.8, 4) is 6.07 Å².